The van der Waals surface area contributed by atoms with Crippen LogP contribution in [-0.4, -0.2) is 52.4 Å². The Hall–Kier alpha value is -3.34. The molecule has 1 aromatic carbocycles. The smallest absolute Gasteiger partial charge is 0.315 e. The zero-order valence-corrected chi connectivity index (χ0v) is 16.8. The number of amides is 3. The van der Waals surface area contributed by atoms with E-state index in [9.17, 15) is 9.59 Å². The Kier molecular flexibility index (Phi) is 7.78. The first kappa shape index (κ1) is 22.0. The van der Waals surface area contributed by atoms with E-state index in [1.807, 2.05) is 13.8 Å². The molecule has 0 bridgehead atoms. The van der Waals surface area contributed by atoms with E-state index in [1.165, 1.54) is 18.9 Å². The van der Waals surface area contributed by atoms with Crippen molar-refractivity contribution in [1.82, 2.24) is 31.1 Å². The van der Waals surface area contributed by atoms with E-state index >= 15 is 0 Å². The highest BCUT2D eigenvalue weighted by Crippen LogP contribution is 2.31. The third kappa shape index (κ3) is 5.82. The minimum absolute atomic E-state index is 0.0818. The Labute approximate surface area is 168 Å². The van der Waals surface area contributed by atoms with Crippen molar-refractivity contribution in [2.45, 2.75) is 32.9 Å². The molecule has 0 saturated carbocycles. The minimum atomic E-state index is -0.853. The Morgan fingerprint density at radius 1 is 1.21 bits per heavy atom. The van der Waals surface area contributed by atoms with Crippen LogP contribution < -0.4 is 25.6 Å². The summed E-state index contributed by atoms with van der Waals surface area (Å²) in [4.78, 5) is 23.8. The minimum Gasteiger partial charge on any atom is -0.494 e. The second-order valence-corrected chi connectivity index (χ2v) is 6.65. The van der Waals surface area contributed by atoms with Crippen LogP contribution in [0.1, 0.15) is 26.0 Å². The van der Waals surface area contributed by atoms with Crippen molar-refractivity contribution in [3.63, 3.8) is 0 Å². The number of para-hydroxylation sites is 1. The number of aromatic nitrogens is 3. The lowest BCUT2D eigenvalue weighted by Crippen LogP contribution is -2.49. The largest absolute Gasteiger partial charge is 0.494 e. The van der Waals surface area contributed by atoms with E-state index in [4.69, 9.17) is 14.7 Å². The van der Waals surface area contributed by atoms with Gasteiger partial charge in [0.2, 0.25) is 0 Å². The maximum Gasteiger partial charge on any atom is 0.315 e. The summed E-state index contributed by atoms with van der Waals surface area (Å²) in [7, 11) is 3.08. The molecule has 2 aromatic rings. The summed E-state index contributed by atoms with van der Waals surface area (Å²) >= 11 is 0. The summed E-state index contributed by atoms with van der Waals surface area (Å²) in [5.41, 5.74) is 2.63. The topological polar surface area (TPSA) is 140 Å². The standard InChI is InChI=1S/C18H26N6O5/c1-11(2)8-13(17(25)22-27)20-18(26)19-9-12-10-24(23-21-12)16-14(28-3)6-5-7-15(16)29-4/h5-7,10-11,13,27H,8-9H2,1-4H3,(H,22,25)(H2,19,20,26)/t13-/m0/s1. The van der Waals surface area contributed by atoms with E-state index in [0.29, 0.717) is 29.3 Å². The molecule has 1 aromatic heterocycles. The van der Waals surface area contributed by atoms with Crippen molar-refractivity contribution in [2.75, 3.05) is 14.2 Å². The van der Waals surface area contributed by atoms with Gasteiger partial charge in [-0.15, -0.1) is 5.10 Å². The van der Waals surface area contributed by atoms with Crippen LogP contribution in [0, 0.1) is 5.92 Å². The third-order valence-electron chi connectivity index (χ3n) is 4.04. The highest BCUT2D eigenvalue weighted by Gasteiger charge is 2.21. The molecule has 2 rings (SSSR count). The Morgan fingerprint density at radius 3 is 2.41 bits per heavy atom. The van der Waals surface area contributed by atoms with Gasteiger partial charge in [0, 0.05) is 0 Å². The van der Waals surface area contributed by atoms with Crippen LogP contribution in [0.15, 0.2) is 24.4 Å². The highest BCUT2D eigenvalue weighted by atomic mass is 16.5. The van der Waals surface area contributed by atoms with Crippen molar-refractivity contribution in [2.24, 2.45) is 5.92 Å². The lowest BCUT2D eigenvalue weighted by Gasteiger charge is -2.18. The van der Waals surface area contributed by atoms with Gasteiger partial charge in [-0.05, 0) is 24.5 Å². The fourth-order valence-electron chi connectivity index (χ4n) is 2.71. The fraction of sp³-hybridized carbons (Fsp3) is 0.444. The van der Waals surface area contributed by atoms with Crippen molar-refractivity contribution in [3.8, 4) is 17.2 Å². The van der Waals surface area contributed by atoms with E-state index in [0.717, 1.165) is 0 Å². The summed E-state index contributed by atoms with van der Waals surface area (Å²) in [6.45, 7) is 3.89. The lowest BCUT2D eigenvalue weighted by atomic mass is 10.0. The van der Waals surface area contributed by atoms with Crippen LogP contribution in [0.25, 0.3) is 5.69 Å². The van der Waals surface area contributed by atoms with Crippen LogP contribution in [-0.2, 0) is 11.3 Å². The summed E-state index contributed by atoms with van der Waals surface area (Å²) in [5.74, 6) is 0.576. The molecular formula is C18H26N6O5. The first-order valence-corrected chi connectivity index (χ1v) is 9.00. The molecule has 4 N–H and O–H groups in total. The summed E-state index contributed by atoms with van der Waals surface area (Å²) in [6.07, 6.45) is 2.01. The number of urea groups is 1. The maximum atomic E-state index is 12.1. The van der Waals surface area contributed by atoms with Crippen molar-refractivity contribution >= 4 is 11.9 Å². The number of ether oxygens (including phenoxy) is 2. The summed E-state index contributed by atoms with van der Waals surface area (Å²) in [6, 6.07) is 3.91. The quantitative estimate of drug-likeness (QED) is 0.360. The number of methoxy groups -OCH3 is 2. The molecule has 3 amide bonds. The van der Waals surface area contributed by atoms with Crippen LogP contribution in [0.4, 0.5) is 4.79 Å². The number of nitrogens with one attached hydrogen (secondary N) is 3. The van der Waals surface area contributed by atoms with E-state index in [2.05, 4.69) is 20.9 Å². The molecule has 0 aliphatic rings. The molecule has 0 spiro atoms. The molecule has 11 nitrogen and oxygen atoms in total. The third-order valence-corrected chi connectivity index (χ3v) is 4.04. The molecule has 29 heavy (non-hydrogen) atoms. The van der Waals surface area contributed by atoms with Crippen LogP contribution in [0.5, 0.6) is 11.5 Å². The van der Waals surface area contributed by atoms with Gasteiger partial charge in [0.1, 0.15) is 23.2 Å². The predicted molar refractivity (Wildman–Crippen MR) is 103 cm³/mol. The first-order chi connectivity index (χ1) is 13.9. The molecule has 1 atom stereocenters. The molecule has 0 aliphatic carbocycles. The average molecular weight is 406 g/mol. The zero-order chi connectivity index (χ0) is 21.4. The Morgan fingerprint density at radius 2 is 1.86 bits per heavy atom. The molecule has 0 unspecified atom stereocenters. The first-order valence-electron chi connectivity index (χ1n) is 9.00. The molecule has 0 fully saturated rings. The predicted octanol–water partition coefficient (Wildman–Crippen LogP) is 1.00. The SMILES string of the molecule is COc1cccc(OC)c1-n1cc(CNC(=O)N[C@@H](CC(C)C)C(=O)NO)nn1. The van der Waals surface area contributed by atoms with Crippen LogP contribution in [0.2, 0.25) is 0 Å². The maximum absolute atomic E-state index is 12.1. The van der Waals surface area contributed by atoms with Gasteiger partial charge in [0.15, 0.2) is 5.69 Å². The van der Waals surface area contributed by atoms with E-state index in [1.54, 1.807) is 29.9 Å². The molecule has 158 valence electrons. The van der Waals surface area contributed by atoms with E-state index in [-0.39, 0.29) is 12.5 Å². The number of benzene rings is 1. The Bertz CT molecular complexity index is 816. The van der Waals surface area contributed by atoms with Crippen LogP contribution in [0.3, 0.4) is 0 Å². The second kappa shape index (κ2) is 10.3. The molecular weight excluding hydrogens is 380 g/mol. The number of hydrogen-bond acceptors (Lipinski definition) is 7. The summed E-state index contributed by atoms with van der Waals surface area (Å²) in [5, 5.41) is 22.1. The molecule has 1 heterocycles. The Balaban J connectivity index is 2.04. The fourth-order valence-corrected chi connectivity index (χ4v) is 2.71. The number of nitrogens with zero attached hydrogens (tertiary/aromatic N) is 3. The van der Waals surface area contributed by atoms with Crippen molar-refractivity contribution in [3.05, 3.63) is 30.1 Å². The average Bonchev–Trinajstić information content (AvgIpc) is 3.18. The number of hydrogen-bond donors (Lipinski definition) is 4. The van der Waals surface area contributed by atoms with Gasteiger partial charge in [0.05, 0.1) is 27.0 Å². The number of carbonyl (C=O) groups excluding carboxylic acids is 2. The van der Waals surface area contributed by atoms with Gasteiger partial charge in [-0.1, -0.05) is 25.1 Å². The number of hydroxylamine groups is 1. The molecule has 11 heteroatoms. The summed E-state index contributed by atoms with van der Waals surface area (Å²) < 4.78 is 12.2. The second-order valence-electron chi connectivity index (χ2n) is 6.65. The number of rotatable bonds is 9. The van der Waals surface area contributed by atoms with Gasteiger partial charge in [-0.2, -0.15) is 0 Å². The van der Waals surface area contributed by atoms with Gasteiger partial charge in [-0.25, -0.2) is 15.0 Å². The highest BCUT2D eigenvalue weighted by molar-refractivity contribution is 5.86. The van der Waals surface area contributed by atoms with Gasteiger partial charge >= 0.3 is 6.03 Å². The van der Waals surface area contributed by atoms with Crippen LogP contribution >= 0.6 is 0 Å². The van der Waals surface area contributed by atoms with Gasteiger partial charge < -0.3 is 20.1 Å². The van der Waals surface area contributed by atoms with E-state index < -0.39 is 18.0 Å². The lowest BCUT2D eigenvalue weighted by molar-refractivity contribution is -0.131. The molecule has 0 radical (unpaired) electrons. The number of carbonyl (C=O) groups is 2. The van der Waals surface area contributed by atoms with Gasteiger partial charge in [0.25, 0.3) is 5.91 Å². The molecule has 0 saturated heterocycles. The molecule has 0 aliphatic heterocycles. The van der Waals surface area contributed by atoms with Crippen molar-refractivity contribution < 1.29 is 24.3 Å². The van der Waals surface area contributed by atoms with Crippen molar-refractivity contribution in [1.29, 1.82) is 0 Å². The zero-order valence-electron chi connectivity index (χ0n) is 16.8. The monoisotopic (exact) mass is 406 g/mol. The normalized spacial score (nSPS) is 11.7. The van der Waals surface area contributed by atoms with Gasteiger partial charge in [-0.3, -0.25) is 10.0 Å².